The lowest BCUT2D eigenvalue weighted by atomic mass is 10.1. The molecule has 0 aliphatic carbocycles. The topological polar surface area (TPSA) is 29.1 Å². The average Bonchev–Trinajstić information content (AvgIpc) is 2.23. The molecular formula is C12H14ClF2NO. The summed E-state index contributed by atoms with van der Waals surface area (Å²) in [5, 5.41) is 2.66. The quantitative estimate of drug-likeness (QED) is 0.811. The number of nitrogens with one attached hydrogen (secondary N) is 1. The number of carbonyl (C=O) groups is 1. The summed E-state index contributed by atoms with van der Waals surface area (Å²) in [4.78, 5) is 11.4. The normalized spacial score (nSPS) is 12.2. The van der Waals surface area contributed by atoms with Crippen molar-refractivity contribution >= 4 is 17.5 Å². The number of carbonyl (C=O) groups excluding carboxylic acids is 1. The van der Waals surface area contributed by atoms with Gasteiger partial charge in [-0.2, -0.15) is 0 Å². The monoisotopic (exact) mass is 261 g/mol. The highest BCUT2D eigenvalue weighted by atomic mass is 35.5. The minimum absolute atomic E-state index is 0.00133. The predicted octanol–water partition coefficient (Wildman–Crippen LogP) is 2.64. The van der Waals surface area contributed by atoms with E-state index in [0.29, 0.717) is 18.5 Å². The first-order valence-corrected chi connectivity index (χ1v) is 5.77. The van der Waals surface area contributed by atoms with E-state index in [9.17, 15) is 13.6 Å². The van der Waals surface area contributed by atoms with E-state index in [4.69, 9.17) is 11.6 Å². The molecule has 0 heterocycles. The Balaban J connectivity index is 2.42. The van der Waals surface area contributed by atoms with Gasteiger partial charge < -0.3 is 5.32 Å². The van der Waals surface area contributed by atoms with E-state index >= 15 is 0 Å². The second-order valence-electron chi connectivity index (χ2n) is 3.84. The molecule has 0 radical (unpaired) electrons. The van der Waals surface area contributed by atoms with Crippen LogP contribution >= 0.6 is 11.6 Å². The Morgan fingerprint density at radius 3 is 2.71 bits per heavy atom. The van der Waals surface area contributed by atoms with Crippen LogP contribution in [0.15, 0.2) is 18.2 Å². The molecule has 1 rings (SSSR count). The molecule has 0 aromatic heterocycles. The number of benzene rings is 1. The maximum absolute atomic E-state index is 12.9. The fourth-order valence-corrected chi connectivity index (χ4v) is 1.42. The van der Waals surface area contributed by atoms with E-state index in [2.05, 4.69) is 5.32 Å². The number of alkyl halides is 1. The van der Waals surface area contributed by atoms with E-state index < -0.39 is 11.6 Å². The van der Waals surface area contributed by atoms with E-state index in [-0.39, 0.29) is 17.7 Å². The molecule has 0 spiro atoms. The van der Waals surface area contributed by atoms with Crippen LogP contribution in [0.1, 0.15) is 18.9 Å². The first kappa shape index (κ1) is 13.9. The Labute approximate surface area is 104 Å². The van der Waals surface area contributed by atoms with Gasteiger partial charge in [-0.15, -0.1) is 11.6 Å². The van der Waals surface area contributed by atoms with E-state index in [1.165, 1.54) is 6.07 Å². The summed E-state index contributed by atoms with van der Waals surface area (Å²) in [6.45, 7) is 2.32. The standard InChI is InChI=1S/C12H14ClF2NO/c1-8(13)4-5-16-12(17)7-9-2-3-10(14)11(15)6-9/h2-3,6,8H,4-5,7H2,1H3,(H,16,17). The van der Waals surface area contributed by atoms with Gasteiger partial charge in [0.05, 0.1) is 6.42 Å². The van der Waals surface area contributed by atoms with Crippen LogP contribution in [0.5, 0.6) is 0 Å². The van der Waals surface area contributed by atoms with Crippen LogP contribution in [0.3, 0.4) is 0 Å². The van der Waals surface area contributed by atoms with Gasteiger partial charge in [-0.25, -0.2) is 8.78 Å². The van der Waals surface area contributed by atoms with Crippen molar-refractivity contribution in [2.75, 3.05) is 6.54 Å². The highest BCUT2D eigenvalue weighted by Gasteiger charge is 2.07. The van der Waals surface area contributed by atoms with Crippen molar-refractivity contribution in [3.8, 4) is 0 Å². The number of amides is 1. The van der Waals surface area contributed by atoms with Crippen molar-refractivity contribution < 1.29 is 13.6 Å². The Morgan fingerprint density at radius 2 is 2.12 bits per heavy atom. The second kappa shape index (κ2) is 6.55. The van der Waals surface area contributed by atoms with Gasteiger partial charge in [0.15, 0.2) is 11.6 Å². The molecule has 1 unspecified atom stereocenters. The Morgan fingerprint density at radius 1 is 1.41 bits per heavy atom. The molecule has 0 saturated heterocycles. The second-order valence-corrected chi connectivity index (χ2v) is 4.59. The highest BCUT2D eigenvalue weighted by molar-refractivity contribution is 6.20. The predicted molar refractivity (Wildman–Crippen MR) is 63.0 cm³/mol. The lowest BCUT2D eigenvalue weighted by Crippen LogP contribution is -2.27. The number of halogens is 3. The number of rotatable bonds is 5. The zero-order chi connectivity index (χ0) is 12.8. The lowest BCUT2D eigenvalue weighted by Gasteiger charge is -2.06. The van der Waals surface area contributed by atoms with Gasteiger partial charge in [-0.3, -0.25) is 4.79 Å². The van der Waals surface area contributed by atoms with Crippen molar-refractivity contribution in [3.63, 3.8) is 0 Å². The molecule has 1 atom stereocenters. The van der Waals surface area contributed by atoms with Gasteiger partial charge >= 0.3 is 0 Å². The largest absolute Gasteiger partial charge is 0.356 e. The van der Waals surface area contributed by atoms with Crippen molar-refractivity contribution in [3.05, 3.63) is 35.4 Å². The van der Waals surface area contributed by atoms with E-state index in [1.54, 1.807) is 0 Å². The van der Waals surface area contributed by atoms with Crippen LogP contribution in [0, 0.1) is 11.6 Å². The molecular weight excluding hydrogens is 248 g/mol. The molecule has 0 aliphatic rings. The molecule has 0 aliphatic heterocycles. The summed E-state index contributed by atoms with van der Waals surface area (Å²) >= 11 is 5.72. The third-order valence-electron chi connectivity index (χ3n) is 2.21. The molecule has 1 N–H and O–H groups in total. The number of hydrogen-bond donors (Lipinski definition) is 1. The van der Waals surface area contributed by atoms with Gasteiger partial charge in [-0.05, 0) is 31.0 Å². The minimum atomic E-state index is -0.940. The van der Waals surface area contributed by atoms with Crippen molar-refractivity contribution in [1.29, 1.82) is 0 Å². The molecule has 1 aromatic rings. The number of hydrogen-bond acceptors (Lipinski definition) is 1. The van der Waals surface area contributed by atoms with Gasteiger partial charge in [0.25, 0.3) is 0 Å². The van der Waals surface area contributed by atoms with Crippen LogP contribution in [0.25, 0.3) is 0 Å². The van der Waals surface area contributed by atoms with Crippen molar-refractivity contribution in [1.82, 2.24) is 5.32 Å². The summed E-state index contributed by atoms with van der Waals surface area (Å²) in [6, 6.07) is 3.43. The molecule has 1 aromatic carbocycles. The molecule has 94 valence electrons. The van der Waals surface area contributed by atoms with Gasteiger partial charge in [-0.1, -0.05) is 6.07 Å². The van der Waals surface area contributed by atoms with Crippen LogP contribution in [-0.4, -0.2) is 17.8 Å². The Hall–Kier alpha value is -1.16. The SMILES string of the molecule is CC(Cl)CCNC(=O)Cc1ccc(F)c(F)c1. The van der Waals surface area contributed by atoms with Crippen LogP contribution in [-0.2, 0) is 11.2 Å². The lowest BCUT2D eigenvalue weighted by molar-refractivity contribution is -0.120. The van der Waals surface area contributed by atoms with Gasteiger partial charge in [0.2, 0.25) is 5.91 Å². The van der Waals surface area contributed by atoms with E-state index in [0.717, 1.165) is 12.1 Å². The maximum Gasteiger partial charge on any atom is 0.224 e. The maximum atomic E-state index is 12.9. The molecule has 0 saturated carbocycles. The summed E-state index contributed by atoms with van der Waals surface area (Å²) in [5.74, 6) is -2.08. The van der Waals surface area contributed by atoms with Crippen LogP contribution in [0.2, 0.25) is 0 Å². The van der Waals surface area contributed by atoms with Crippen LogP contribution < -0.4 is 5.32 Å². The van der Waals surface area contributed by atoms with Crippen molar-refractivity contribution in [2.45, 2.75) is 25.1 Å². The first-order valence-electron chi connectivity index (χ1n) is 5.33. The van der Waals surface area contributed by atoms with Gasteiger partial charge in [0.1, 0.15) is 0 Å². The average molecular weight is 262 g/mol. The summed E-state index contributed by atoms with van der Waals surface area (Å²) in [6.07, 6.45) is 0.707. The minimum Gasteiger partial charge on any atom is -0.356 e. The molecule has 5 heteroatoms. The van der Waals surface area contributed by atoms with E-state index in [1.807, 2.05) is 6.92 Å². The fourth-order valence-electron chi connectivity index (χ4n) is 1.31. The molecule has 17 heavy (non-hydrogen) atoms. The van der Waals surface area contributed by atoms with Crippen LogP contribution in [0.4, 0.5) is 8.78 Å². The van der Waals surface area contributed by atoms with Crippen molar-refractivity contribution in [2.24, 2.45) is 0 Å². The smallest absolute Gasteiger partial charge is 0.224 e. The fraction of sp³-hybridized carbons (Fsp3) is 0.417. The third-order valence-corrected chi connectivity index (χ3v) is 2.43. The molecule has 0 fully saturated rings. The Kier molecular flexibility index (Phi) is 5.35. The molecule has 1 amide bonds. The Bertz CT molecular complexity index is 396. The van der Waals surface area contributed by atoms with Gasteiger partial charge in [0, 0.05) is 11.9 Å². The third kappa shape index (κ3) is 5.13. The molecule has 0 bridgehead atoms. The summed E-state index contributed by atoms with van der Waals surface area (Å²) < 4.78 is 25.5. The zero-order valence-electron chi connectivity index (χ0n) is 9.47. The molecule has 2 nitrogen and oxygen atoms in total. The first-order chi connectivity index (χ1) is 7.99. The highest BCUT2D eigenvalue weighted by Crippen LogP contribution is 2.09. The summed E-state index contributed by atoms with van der Waals surface area (Å²) in [7, 11) is 0. The summed E-state index contributed by atoms with van der Waals surface area (Å²) in [5.41, 5.74) is 0.445. The zero-order valence-corrected chi connectivity index (χ0v) is 10.2.